The van der Waals surface area contributed by atoms with Crippen LogP contribution in [0.3, 0.4) is 0 Å². The highest BCUT2D eigenvalue weighted by atomic mass is 32.2. The number of hydrogen-bond donors (Lipinski definition) is 1. The molecule has 4 rings (SSSR count). The predicted molar refractivity (Wildman–Crippen MR) is 143 cm³/mol. The molecule has 0 aliphatic heterocycles. The fourth-order valence-electron chi connectivity index (χ4n) is 4.22. The maximum atomic E-state index is 13.8. The Morgan fingerprint density at radius 3 is 2.21 bits per heavy atom. The molecule has 0 unspecified atom stereocenters. The summed E-state index contributed by atoms with van der Waals surface area (Å²) in [5.41, 5.74) is 2.96. The lowest BCUT2D eigenvalue weighted by Crippen LogP contribution is -2.36. The summed E-state index contributed by atoms with van der Waals surface area (Å²) in [5.74, 6) is 1.56. The van der Waals surface area contributed by atoms with Crippen molar-refractivity contribution in [2.24, 2.45) is 0 Å². The van der Waals surface area contributed by atoms with E-state index in [1.807, 2.05) is 19.9 Å². The van der Waals surface area contributed by atoms with E-state index in [1.165, 1.54) is 14.2 Å². The smallest absolute Gasteiger partial charge is 0.170 e. The highest BCUT2D eigenvalue weighted by Gasteiger charge is 2.34. The number of rotatable bonds is 10. The van der Waals surface area contributed by atoms with Gasteiger partial charge < -0.3 is 14.8 Å². The van der Waals surface area contributed by atoms with Gasteiger partial charge in [0, 0.05) is 30.4 Å². The van der Waals surface area contributed by atoms with Crippen LogP contribution in [-0.4, -0.2) is 64.7 Å². The molecule has 1 N–H and O–H groups in total. The number of methoxy groups -OCH3 is 2. The summed E-state index contributed by atoms with van der Waals surface area (Å²) in [7, 11) is 0.964. The molecule has 2 atom stereocenters. The molecule has 11 nitrogen and oxygen atoms in total. The molecule has 0 spiro atoms. The van der Waals surface area contributed by atoms with Gasteiger partial charge in [0.1, 0.15) is 28.8 Å². The lowest BCUT2D eigenvalue weighted by molar-refractivity contribution is 0.390. The normalized spacial score (nSPS) is 13.2. The van der Waals surface area contributed by atoms with E-state index in [0.717, 1.165) is 11.1 Å². The summed E-state index contributed by atoms with van der Waals surface area (Å²) >= 11 is 0. The van der Waals surface area contributed by atoms with Crippen LogP contribution in [0.25, 0.3) is 17.1 Å². The van der Waals surface area contributed by atoms with Crippen LogP contribution in [0.15, 0.2) is 49.1 Å². The predicted octanol–water partition coefficient (Wildman–Crippen LogP) is 3.02. The Hall–Kier alpha value is -3.90. The number of aromatic nitrogens is 6. The van der Waals surface area contributed by atoms with Gasteiger partial charge in [0.25, 0.3) is 0 Å². The summed E-state index contributed by atoms with van der Waals surface area (Å²) in [5, 5.41) is 10.9. The zero-order valence-corrected chi connectivity index (χ0v) is 23.0. The van der Waals surface area contributed by atoms with Crippen molar-refractivity contribution in [2.75, 3.05) is 21.3 Å². The Kier molecular flexibility index (Phi) is 8.02. The van der Waals surface area contributed by atoms with E-state index >= 15 is 0 Å². The Morgan fingerprint density at radius 1 is 0.974 bits per heavy atom. The van der Waals surface area contributed by atoms with Crippen LogP contribution in [0.5, 0.6) is 11.5 Å². The molecule has 0 amide bonds. The third-order valence-electron chi connectivity index (χ3n) is 6.24. The minimum Gasteiger partial charge on any atom is -0.494 e. The molecule has 0 aliphatic carbocycles. The molecule has 0 radical (unpaired) electrons. The molecule has 0 bridgehead atoms. The molecule has 0 saturated carbocycles. The van der Waals surface area contributed by atoms with E-state index in [-0.39, 0.29) is 5.82 Å². The number of benzene rings is 1. The van der Waals surface area contributed by atoms with Gasteiger partial charge in [0.15, 0.2) is 21.5 Å². The number of hydrogen-bond acceptors (Lipinski definition) is 10. The largest absolute Gasteiger partial charge is 0.494 e. The van der Waals surface area contributed by atoms with E-state index in [2.05, 4.69) is 30.5 Å². The Bertz CT molecular complexity index is 1500. The third-order valence-corrected chi connectivity index (χ3v) is 8.31. The number of sulfone groups is 1. The second-order valence-corrected chi connectivity index (χ2v) is 11.3. The Labute approximate surface area is 222 Å². The third kappa shape index (κ3) is 5.36. The monoisotopic (exact) mass is 537 g/mol. The SMILES string of the molecule is CN[C@H](c1ncc(C)cn1)[C@H](C)S(=O)(=O)Cc1nnc(-c2cncc(C)c2)n1-c1c(OC)cccc1OC. The second-order valence-electron chi connectivity index (χ2n) is 8.93. The standard InChI is InChI=1S/C26H31N7O4S/c1-16-10-19(14-28-11-16)26-32-31-22(33(26)24-20(36-5)8-7-9-21(24)37-6)15-38(34,35)18(3)23(27-4)25-29-12-17(2)13-30-25/h7-14,18,23,27H,15H2,1-6H3/t18-,23-/m0/s1. The molecule has 4 aromatic rings. The van der Waals surface area contributed by atoms with Crippen LogP contribution in [0, 0.1) is 13.8 Å². The summed E-state index contributed by atoms with van der Waals surface area (Å²) in [6, 6.07) is 6.60. The minimum absolute atomic E-state index is 0.204. The number of aryl methyl sites for hydroxylation is 2. The Morgan fingerprint density at radius 2 is 1.63 bits per heavy atom. The summed E-state index contributed by atoms with van der Waals surface area (Å²) in [4.78, 5) is 13.0. The van der Waals surface area contributed by atoms with Crippen molar-refractivity contribution in [3.05, 3.63) is 71.8 Å². The zero-order valence-electron chi connectivity index (χ0n) is 22.2. The van der Waals surface area contributed by atoms with Gasteiger partial charge in [-0.1, -0.05) is 6.07 Å². The maximum absolute atomic E-state index is 13.8. The van der Waals surface area contributed by atoms with E-state index < -0.39 is 26.9 Å². The van der Waals surface area contributed by atoms with Crippen LogP contribution in [0.2, 0.25) is 0 Å². The quantitative estimate of drug-likeness (QED) is 0.322. The van der Waals surface area contributed by atoms with Crippen LogP contribution >= 0.6 is 0 Å². The number of pyridine rings is 1. The van der Waals surface area contributed by atoms with Gasteiger partial charge in [-0.2, -0.15) is 0 Å². The van der Waals surface area contributed by atoms with E-state index in [0.29, 0.717) is 34.4 Å². The highest BCUT2D eigenvalue weighted by molar-refractivity contribution is 7.91. The first kappa shape index (κ1) is 27.1. The van der Waals surface area contributed by atoms with Crippen molar-refractivity contribution in [1.82, 2.24) is 35.0 Å². The number of nitrogens with one attached hydrogen (secondary N) is 1. The Balaban J connectivity index is 1.84. The molecule has 3 aromatic heterocycles. The number of para-hydroxylation sites is 1. The summed E-state index contributed by atoms with van der Waals surface area (Å²) in [6.45, 7) is 5.42. The molecule has 12 heteroatoms. The summed E-state index contributed by atoms with van der Waals surface area (Å²) < 4.78 is 40.5. The van der Waals surface area contributed by atoms with Gasteiger partial charge in [-0.15, -0.1) is 10.2 Å². The van der Waals surface area contributed by atoms with Gasteiger partial charge in [-0.05, 0) is 57.1 Å². The lowest BCUT2D eigenvalue weighted by atomic mass is 10.2. The van der Waals surface area contributed by atoms with Gasteiger partial charge in [-0.3, -0.25) is 9.55 Å². The second kappa shape index (κ2) is 11.2. The lowest BCUT2D eigenvalue weighted by Gasteiger charge is -2.23. The fraction of sp³-hybridized carbons (Fsp3) is 0.346. The molecule has 0 fully saturated rings. The maximum Gasteiger partial charge on any atom is 0.170 e. The van der Waals surface area contributed by atoms with E-state index in [9.17, 15) is 8.42 Å². The molecule has 200 valence electrons. The van der Waals surface area contributed by atoms with Gasteiger partial charge in [0.2, 0.25) is 0 Å². The van der Waals surface area contributed by atoms with Crippen molar-refractivity contribution in [1.29, 1.82) is 0 Å². The first-order valence-corrected chi connectivity index (χ1v) is 13.7. The fourth-order valence-corrected chi connectivity index (χ4v) is 5.70. The van der Waals surface area contributed by atoms with Crippen molar-refractivity contribution >= 4 is 9.84 Å². The molecule has 1 aromatic carbocycles. The average Bonchev–Trinajstić information content (AvgIpc) is 3.31. The highest BCUT2D eigenvalue weighted by Crippen LogP contribution is 2.37. The summed E-state index contributed by atoms with van der Waals surface area (Å²) in [6.07, 6.45) is 6.71. The van der Waals surface area contributed by atoms with Crippen LogP contribution in [0.4, 0.5) is 0 Å². The molecular weight excluding hydrogens is 506 g/mol. The van der Waals surface area contributed by atoms with Gasteiger partial charge in [0.05, 0.1) is 25.5 Å². The first-order valence-electron chi connectivity index (χ1n) is 11.9. The molecule has 0 saturated heterocycles. The van der Waals surface area contributed by atoms with E-state index in [1.54, 1.807) is 61.5 Å². The zero-order chi connectivity index (χ0) is 27.4. The van der Waals surface area contributed by atoms with Crippen molar-refractivity contribution < 1.29 is 17.9 Å². The van der Waals surface area contributed by atoms with Crippen molar-refractivity contribution in [2.45, 2.75) is 37.8 Å². The number of nitrogens with zero attached hydrogens (tertiary/aromatic N) is 6. The van der Waals surface area contributed by atoms with Gasteiger partial charge >= 0.3 is 0 Å². The minimum atomic E-state index is -3.79. The van der Waals surface area contributed by atoms with Crippen LogP contribution in [0.1, 0.15) is 35.7 Å². The average molecular weight is 538 g/mol. The molecular formula is C26H31N7O4S. The van der Waals surface area contributed by atoms with Crippen LogP contribution < -0.4 is 14.8 Å². The molecule has 3 heterocycles. The van der Waals surface area contributed by atoms with E-state index in [4.69, 9.17) is 9.47 Å². The van der Waals surface area contributed by atoms with Crippen molar-refractivity contribution in [3.8, 4) is 28.6 Å². The first-order chi connectivity index (χ1) is 18.2. The van der Waals surface area contributed by atoms with Crippen LogP contribution in [-0.2, 0) is 15.6 Å². The van der Waals surface area contributed by atoms with Gasteiger partial charge in [-0.25, -0.2) is 18.4 Å². The van der Waals surface area contributed by atoms with Crippen molar-refractivity contribution in [3.63, 3.8) is 0 Å². The molecule has 0 aliphatic rings. The number of ether oxygens (including phenoxy) is 2. The molecule has 38 heavy (non-hydrogen) atoms. The topological polar surface area (TPSA) is 134 Å².